The van der Waals surface area contributed by atoms with E-state index in [0.29, 0.717) is 18.2 Å². The van der Waals surface area contributed by atoms with Crippen molar-refractivity contribution < 1.29 is 9.53 Å². The van der Waals surface area contributed by atoms with E-state index in [1.807, 2.05) is 62.4 Å². The van der Waals surface area contributed by atoms with Gasteiger partial charge in [0, 0.05) is 17.9 Å². The number of carbonyl (C=O) groups is 1. The predicted octanol–water partition coefficient (Wildman–Crippen LogP) is 3.78. The summed E-state index contributed by atoms with van der Waals surface area (Å²) in [5.41, 5.74) is 4.01. The highest BCUT2D eigenvalue weighted by atomic mass is 16.5. The van der Waals surface area contributed by atoms with Gasteiger partial charge in [0.05, 0.1) is 7.11 Å². The van der Waals surface area contributed by atoms with Gasteiger partial charge in [-0.3, -0.25) is 4.79 Å². The first kappa shape index (κ1) is 18.4. The van der Waals surface area contributed by atoms with E-state index in [4.69, 9.17) is 4.74 Å². The van der Waals surface area contributed by atoms with Gasteiger partial charge >= 0.3 is 0 Å². The molecule has 0 saturated carbocycles. The summed E-state index contributed by atoms with van der Waals surface area (Å²) in [4.78, 5) is 21.2. The number of ether oxygens (including phenoxy) is 1. The second kappa shape index (κ2) is 8.31. The number of nitrogens with one attached hydrogen (secondary N) is 2. The first-order valence-electron chi connectivity index (χ1n) is 8.64. The number of benzene rings is 2. The third kappa shape index (κ3) is 4.82. The van der Waals surface area contributed by atoms with E-state index >= 15 is 0 Å². The van der Waals surface area contributed by atoms with Crippen molar-refractivity contribution in [2.75, 3.05) is 12.4 Å². The lowest BCUT2D eigenvalue weighted by Crippen LogP contribution is -2.24. The SMILES string of the molecule is COc1ccc(CNC(=O)c2cc(C)nc(Nc3ccccc3C)n2)cc1. The Kier molecular flexibility index (Phi) is 5.66. The Hall–Kier alpha value is -3.41. The van der Waals surface area contributed by atoms with Crippen LogP contribution in [0, 0.1) is 13.8 Å². The monoisotopic (exact) mass is 362 g/mol. The minimum Gasteiger partial charge on any atom is -0.497 e. The Morgan fingerprint density at radius 1 is 1.04 bits per heavy atom. The molecule has 0 fully saturated rings. The lowest BCUT2D eigenvalue weighted by Gasteiger charge is -2.10. The summed E-state index contributed by atoms with van der Waals surface area (Å²) < 4.78 is 5.14. The number of hydrogen-bond donors (Lipinski definition) is 2. The number of para-hydroxylation sites is 1. The van der Waals surface area contributed by atoms with Crippen molar-refractivity contribution in [3.05, 3.63) is 77.1 Å². The smallest absolute Gasteiger partial charge is 0.270 e. The van der Waals surface area contributed by atoms with Gasteiger partial charge in [0.2, 0.25) is 5.95 Å². The summed E-state index contributed by atoms with van der Waals surface area (Å²) in [6.45, 7) is 4.25. The van der Waals surface area contributed by atoms with E-state index in [9.17, 15) is 4.79 Å². The van der Waals surface area contributed by atoms with E-state index in [1.165, 1.54) is 0 Å². The van der Waals surface area contributed by atoms with Gasteiger partial charge in [-0.2, -0.15) is 0 Å². The molecule has 2 aromatic carbocycles. The third-order valence-corrected chi connectivity index (χ3v) is 4.09. The summed E-state index contributed by atoms with van der Waals surface area (Å²) in [7, 11) is 1.62. The molecular formula is C21H22N4O2. The van der Waals surface area contributed by atoms with Crippen LogP contribution in [0.1, 0.15) is 27.3 Å². The number of methoxy groups -OCH3 is 1. The first-order valence-corrected chi connectivity index (χ1v) is 8.64. The third-order valence-electron chi connectivity index (χ3n) is 4.09. The molecule has 0 unspecified atom stereocenters. The Morgan fingerprint density at radius 2 is 1.78 bits per heavy atom. The lowest BCUT2D eigenvalue weighted by molar-refractivity contribution is 0.0945. The zero-order valence-electron chi connectivity index (χ0n) is 15.6. The Morgan fingerprint density at radius 3 is 2.48 bits per heavy atom. The lowest BCUT2D eigenvalue weighted by atomic mass is 10.2. The largest absolute Gasteiger partial charge is 0.497 e. The topological polar surface area (TPSA) is 76.1 Å². The second-order valence-electron chi connectivity index (χ2n) is 6.19. The van der Waals surface area contributed by atoms with Crippen molar-refractivity contribution in [1.82, 2.24) is 15.3 Å². The van der Waals surface area contributed by atoms with E-state index < -0.39 is 0 Å². The molecule has 2 N–H and O–H groups in total. The van der Waals surface area contributed by atoms with Gasteiger partial charge in [0.1, 0.15) is 11.4 Å². The molecule has 0 aliphatic rings. The highest BCUT2D eigenvalue weighted by Crippen LogP contribution is 2.18. The Bertz CT molecular complexity index is 939. The van der Waals surface area contributed by atoms with E-state index in [1.54, 1.807) is 13.2 Å². The molecule has 1 amide bonds. The number of amides is 1. The minimum absolute atomic E-state index is 0.246. The molecule has 0 saturated heterocycles. The maximum atomic E-state index is 12.5. The van der Waals surface area contributed by atoms with Crippen LogP contribution in [0.4, 0.5) is 11.6 Å². The minimum atomic E-state index is -0.246. The normalized spacial score (nSPS) is 10.3. The number of aromatic nitrogens is 2. The van der Waals surface area contributed by atoms with Crippen molar-refractivity contribution in [3.8, 4) is 5.75 Å². The fraction of sp³-hybridized carbons (Fsp3) is 0.190. The van der Waals surface area contributed by atoms with E-state index in [0.717, 1.165) is 28.3 Å². The molecule has 0 atom stereocenters. The molecule has 0 aliphatic heterocycles. The molecule has 3 rings (SSSR count). The maximum absolute atomic E-state index is 12.5. The zero-order chi connectivity index (χ0) is 19.2. The van der Waals surface area contributed by atoms with Crippen LogP contribution in [0.2, 0.25) is 0 Å². The summed E-state index contributed by atoms with van der Waals surface area (Å²) in [6, 6.07) is 17.1. The molecule has 0 aliphatic carbocycles. The molecule has 3 aromatic rings. The average molecular weight is 362 g/mol. The number of rotatable bonds is 6. The number of anilines is 2. The summed E-state index contributed by atoms with van der Waals surface area (Å²) >= 11 is 0. The van der Waals surface area contributed by atoms with Crippen LogP contribution in [-0.2, 0) is 6.54 Å². The van der Waals surface area contributed by atoms with Gasteiger partial charge in [0.25, 0.3) is 5.91 Å². The van der Waals surface area contributed by atoms with Crippen molar-refractivity contribution >= 4 is 17.5 Å². The molecule has 0 radical (unpaired) electrons. The molecule has 0 bridgehead atoms. The molecule has 27 heavy (non-hydrogen) atoms. The fourth-order valence-electron chi connectivity index (χ4n) is 2.59. The number of hydrogen-bond acceptors (Lipinski definition) is 5. The molecule has 6 nitrogen and oxygen atoms in total. The van der Waals surface area contributed by atoms with Crippen LogP contribution >= 0.6 is 0 Å². The number of nitrogens with zero attached hydrogens (tertiary/aromatic N) is 2. The Labute approximate surface area is 158 Å². The molecular weight excluding hydrogens is 340 g/mol. The van der Waals surface area contributed by atoms with E-state index in [2.05, 4.69) is 20.6 Å². The molecule has 1 heterocycles. The molecule has 138 valence electrons. The van der Waals surface area contributed by atoms with Gasteiger partial charge in [0.15, 0.2) is 0 Å². The summed E-state index contributed by atoms with van der Waals surface area (Å²) in [5, 5.41) is 6.06. The van der Waals surface area contributed by atoms with Crippen molar-refractivity contribution in [2.45, 2.75) is 20.4 Å². The molecule has 0 spiro atoms. The van der Waals surface area contributed by atoms with Gasteiger partial charge in [-0.15, -0.1) is 0 Å². The number of aryl methyl sites for hydroxylation is 2. The fourth-order valence-corrected chi connectivity index (χ4v) is 2.59. The Balaban J connectivity index is 1.70. The first-order chi connectivity index (χ1) is 13.0. The summed E-state index contributed by atoms with van der Waals surface area (Å²) in [6.07, 6.45) is 0. The van der Waals surface area contributed by atoms with Crippen LogP contribution in [0.25, 0.3) is 0 Å². The standard InChI is InChI=1S/C21H22N4O2/c1-14-6-4-5-7-18(14)24-21-23-15(2)12-19(25-21)20(26)22-13-16-8-10-17(27-3)11-9-16/h4-12H,13H2,1-3H3,(H,22,26)(H,23,24,25). The highest BCUT2D eigenvalue weighted by Gasteiger charge is 2.11. The average Bonchev–Trinajstić information content (AvgIpc) is 2.68. The van der Waals surface area contributed by atoms with Crippen LogP contribution in [0.5, 0.6) is 5.75 Å². The maximum Gasteiger partial charge on any atom is 0.270 e. The predicted molar refractivity (Wildman–Crippen MR) is 105 cm³/mol. The van der Waals surface area contributed by atoms with Crippen molar-refractivity contribution in [2.24, 2.45) is 0 Å². The quantitative estimate of drug-likeness (QED) is 0.698. The molecule has 1 aromatic heterocycles. The van der Waals surface area contributed by atoms with Crippen LogP contribution in [0.15, 0.2) is 54.6 Å². The number of carbonyl (C=O) groups excluding carboxylic acids is 1. The van der Waals surface area contributed by atoms with Gasteiger partial charge in [-0.25, -0.2) is 9.97 Å². The second-order valence-corrected chi connectivity index (χ2v) is 6.19. The molecule has 6 heteroatoms. The van der Waals surface area contributed by atoms with Gasteiger partial charge < -0.3 is 15.4 Å². The zero-order valence-corrected chi connectivity index (χ0v) is 15.6. The summed E-state index contributed by atoms with van der Waals surface area (Å²) in [5.74, 6) is 0.937. The van der Waals surface area contributed by atoms with Gasteiger partial charge in [-0.05, 0) is 49.2 Å². The van der Waals surface area contributed by atoms with Crippen molar-refractivity contribution in [3.63, 3.8) is 0 Å². The van der Waals surface area contributed by atoms with E-state index in [-0.39, 0.29) is 5.91 Å². The van der Waals surface area contributed by atoms with Crippen molar-refractivity contribution in [1.29, 1.82) is 0 Å². The van der Waals surface area contributed by atoms with Crippen LogP contribution < -0.4 is 15.4 Å². The van der Waals surface area contributed by atoms with Gasteiger partial charge in [-0.1, -0.05) is 30.3 Å². The van der Waals surface area contributed by atoms with Crippen LogP contribution in [0.3, 0.4) is 0 Å². The highest BCUT2D eigenvalue weighted by molar-refractivity contribution is 5.92. The van der Waals surface area contributed by atoms with Crippen LogP contribution in [-0.4, -0.2) is 23.0 Å².